The van der Waals surface area contributed by atoms with Crippen LogP contribution >= 0.6 is 27.7 Å². The van der Waals surface area contributed by atoms with Crippen molar-refractivity contribution in [2.45, 2.75) is 36.2 Å². The molecule has 1 aromatic carbocycles. The molecule has 0 saturated heterocycles. The van der Waals surface area contributed by atoms with Gasteiger partial charge in [0.1, 0.15) is 0 Å². The van der Waals surface area contributed by atoms with Gasteiger partial charge in [-0.1, -0.05) is 12.1 Å². The molecule has 0 bridgehead atoms. The van der Waals surface area contributed by atoms with Crippen LogP contribution < -0.4 is 5.32 Å². The van der Waals surface area contributed by atoms with E-state index in [4.69, 9.17) is 0 Å². The van der Waals surface area contributed by atoms with Crippen LogP contribution in [0.15, 0.2) is 33.6 Å². The Morgan fingerprint density at radius 1 is 1.47 bits per heavy atom. The summed E-state index contributed by atoms with van der Waals surface area (Å²) in [6, 6.07) is 8.82. The maximum Gasteiger partial charge on any atom is 0.0618 e. The minimum atomic E-state index is -0.179. The summed E-state index contributed by atoms with van der Waals surface area (Å²) < 4.78 is 1.12. The van der Waals surface area contributed by atoms with Gasteiger partial charge in [0.05, 0.1) is 6.61 Å². The van der Waals surface area contributed by atoms with Crippen LogP contribution in [0.1, 0.15) is 19.8 Å². The van der Waals surface area contributed by atoms with Gasteiger partial charge in [-0.25, -0.2) is 0 Å². The molecule has 4 heteroatoms. The Bertz CT molecular complexity index is 383. The Morgan fingerprint density at radius 3 is 2.76 bits per heavy atom. The van der Waals surface area contributed by atoms with Crippen LogP contribution in [-0.4, -0.2) is 29.0 Å². The normalized spacial score (nSPS) is 19.0. The van der Waals surface area contributed by atoms with E-state index in [2.05, 4.69) is 34.2 Å². The number of benzene rings is 1. The minimum absolute atomic E-state index is 0.179. The molecule has 1 saturated carbocycles. The van der Waals surface area contributed by atoms with Crippen molar-refractivity contribution >= 4 is 27.7 Å². The zero-order valence-corrected chi connectivity index (χ0v) is 12.4. The number of nitrogens with one attached hydrogen (secondary N) is 1. The fourth-order valence-electron chi connectivity index (χ4n) is 1.65. The molecule has 1 fully saturated rings. The summed E-state index contributed by atoms with van der Waals surface area (Å²) in [4.78, 5) is 1.23. The lowest BCUT2D eigenvalue weighted by molar-refractivity contribution is 0.190. The van der Waals surface area contributed by atoms with E-state index < -0.39 is 0 Å². The molecule has 0 spiro atoms. The Labute approximate surface area is 115 Å². The van der Waals surface area contributed by atoms with Crippen LogP contribution in [0.3, 0.4) is 0 Å². The van der Waals surface area contributed by atoms with Gasteiger partial charge in [-0.2, -0.15) is 0 Å². The number of hydrogen-bond acceptors (Lipinski definition) is 3. The van der Waals surface area contributed by atoms with Crippen molar-refractivity contribution in [3.05, 3.63) is 28.7 Å². The summed E-state index contributed by atoms with van der Waals surface area (Å²) in [7, 11) is 0. The topological polar surface area (TPSA) is 32.3 Å². The average Bonchev–Trinajstić information content (AvgIpc) is 3.12. The average molecular weight is 316 g/mol. The Balaban J connectivity index is 1.92. The van der Waals surface area contributed by atoms with E-state index in [0.29, 0.717) is 6.04 Å². The molecule has 0 aromatic heterocycles. The van der Waals surface area contributed by atoms with Crippen molar-refractivity contribution in [1.29, 1.82) is 0 Å². The number of rotatable bonds is 6. The smallest absolute Gasteiger partial charge is 0.0618 e. The van der Waals surface area contributed by atoms with Gasteiger partial charge >= 0.3 is 0 Å². The van der Waals surface area contributed by atoms with Crippen molar-refractivity contribution in [2.24, 2.45) is 0 Å². The molecule has 0 heterocycles. The highest BCUT2D eigenvalue weighted by atomic mass is 79.9. The Hall–Kier alpha value is -0.0300. The van der Waals surface area contributed by atoms with Crippen molar-refractivity contribution < 1.29 is 5.11 Å². The van der Waals surface area contributed by atoms with Gasteiger partial charge in [0.15, 0.2) is 0 Å². The van der Waals surface area contributed by atoms with Crippen LogP contribution in [0.2, 0.25) is 0 Å². The molecule has 1 aromatic rings. The molecule has 17 heavy (non-hydrogen) atoms. The Kier molecular flexibility index (Phi) is 4.53. The van der Waals surface area contributed by atoms with Gasteiger partial charge in [-0.3, -0.25) is 0 Å². The van der Waals surface area contributed by atoms with Gasteiger partial charge in [0, 0.05) is 26.7 Å². The fraction of sp³-hybridized carbons (Fsp3) is 0.538. The first-order valence-electron chi connectivity index (χ1n) is 5.89. The van der Waals surface area contributed by atoms with E-state index in [1.165, 1.54) is 17.7 Å². The lowest BCUT2D eigenvalue weighted by Crippen LogP contribution is -2.49. The van der Waals surface area contributed by atoms with Crippen LogP contribution in [0.5, 0.6) is 0 Å². The molecule has 2 rings (SSSR count). The van der Waals surface area contributed by atoms with Crippen LogP contribution in [0.25, 0.3) is 0 Å². The van der Waals surface area contributed by atoms with E-state index in [0.717, 1.165) is 10.2 Å². The molecule has 0 amide bonds. The summed E-state index contributed by atoms with van der Waals surface area (Å²) in [5, 5.41) is 13.0. The second-order valence-corrected chi connectivity index (χ2v) is 6.73. The van der Waals surface area contributed by atoms with Crippen molar-refractivity contribution in [3.8, 4) is 0 Å². The van der Waals surface area contributed by atoms with Crippen molar-refractivity contribution in [1.82, 2.24) is 5.32 Å². The molecule has 2 nitrogen and oxygen atoms in total. The summed E-state index contributed by atoms with van der Waals surface area (Å²) in [5.74, 6) is 0.878. The van der Waals surface area contributed by atoms with Crippen LogP contribution in [0, 0.1) is 0 Å². The highest BCUT2D eigenvalue weighted by molar-refractivity contribution is 9.10. The summed E-state index contributed by atoms with van der Waals surface area (Å²) in [5.41, 5.74) is -0.179. The molecule has 0 radical (unpaired) electrons. The van der Waals surface area contributed by atoms with Gasteiger partial charge in [-0.05, 0) is 47.8 Å². The second kappa shape index (κ2) is 5.74. The maximum absolute atomic E-state index is 9.52. The first-order chi connectivity index (χ1) is 8.13. The lowest BCUT2D eigenvalue weighted by atomic mass is 10.1. The zero-order valence-electron chi connectivity index (χ0n) is 9.95. The van der Waals surface area contributed by atoms with Gasteiger partial charge in [-0.15, -0.1) is 11.8 Å². The van der Waals surface area contributed by atoms with Gasteiger partial charge < -0.3 is 10.4 Å². The first kappa shape index (κ1) is 13.4. The van der Waals surface area contributed by atoms with E-state index in [1.807, 2.05) is 18.2 Å². The predicted molar refractivity (Wildman–Crippen MR) is 76.5 cm³/mol. The quantitative estimate of drug-likeness (QED) is 0.791. The third-order valence-electron chi connectivity index (χ3n) is 2.86. The third-order valence-corrected chi connectivity index (χ3v) is 5.26. The molecule has 94 valence electrons. The SMILES string of the molecule is CC(CO)(CSc1ccccc1Br)NC1CC1. The second-order valence-electron chi connectivity index (χ2n) is 4.86. The predicted octanol–water partition coefficient (Wildman–Crippen LogP) is 3.04. The standard InChI is InChI=1S/C13H18BrNOS/c1-13(8-16,15-10-6-7-10)9-17-12-5-3-2-4-11(12)14/h2-5,10,15-16H,6-9H2,1H3. The highest BCUT2D eigenvalue weighted by Crippen LogP contribution is 2.31. The number of aliphatic hydroxyl groups excluding tert-OH is 1. The molecule has 1 aliphatic rings. The van der Waals surface area contributed by atoms with Crippen LogP contribution in [-0.2, 0) is 0 Å². The van der Waals surface area contributed by atoms with E-state index >= 15 is 0 Å². The van der Waals surface area contributed by atoms with Gasteiger partial charge in [0.25, 0.3) is 0 Å². The lowest BCUT2D eigenvalue weighted by Gasteiger charge is -2.28. The molecular weight excluding hydrogens is 298 g/mol. The Morgan fingerprint density at radius 2 is 2.18 bits per heavy atom. The van der Waals surface area contributed by atoms with Crippen LogP contribution in [0.4, 0.5) is 0 Å². The largest absolute Gasteiger partial charge is 0.394 e. The summed E-state index contributed by atoms with van der Waals surface area (Å²) in [6.45, 7) is 2.27. The molecular formula is C13H18BrNOS. The number of thioether (sulfide) groups is 1. The highest BCUT2D eigenvalue weighted by Gasteiger charge is 2.32. The summed E-state index contributed by atoms with van der Waals surface area (Å²) >= 11 is 5.32. The number of aliphatic hydroxyl groups is 1. The van der Waals surface area contributed by atoms with Crippen molar-refractivity contribution in [3.63, 3.8) is 0 Å². The van der Waals surface area contributed by atoms with Gasteiger partial charge in [0.2, 0.25) is 0 Å². The minimum Gasteiger partial charge on any atom is -0.394 e. The monoisotopic (exact) mass is 315 g/mol. The molecule has 1 aliphatic carbocycles. The molecule has 0 aliphatic heterocycles. The molecule has 1 atom stereocenters. The number of hydrogen-bond donors (Lipinski definition) is 2. The van der Waals surface area contributed by atoms with Crippen molar-refractivity contribution in [2.75, 3.05) is 12.4 Å². The molecule has 1 unspecified atom stereocenters. The summed E-state index contributed by atoms with van der Waals surface area (Å²) in [6.07, 6.45) is 2.49. The molecule has 2 N–H and O–H groups in total. The maximum atomic E-state index is 9.52. The zero-order chi connectivity index (χ0) is 12.3. The first-order valence-corrected chi connectivity index (χ1v) is 7.67. The van der Waals surface area contributed by atoms with E-state index in [1.54, 1.807) is 11.8 Å². The third kappa shape index (κ3) is 3.98. The number of halogens is 1. The van der Waals surface area contributed by atoms with E-state index in [9.17, 15) is 5.11 Å². The fourth-order valence-corrected chi connectivity index (χ4v) is 3.31. The van der Waals surface area contributed by atoms with E-state index in [-0.39, 0.29) is 12.1 Å².